The summed E-state index contributed by atoms with van der Waals surface area (Å²) in [5, 5.41) is 0. The molecule has 0 saturated carbocycles. The third-order valence-corrected chi connectivity index (χ3v) is 5.02. The van der Waals surface area contributed by atoms with Gasteiger partial charge in [-0.3, -0.25) is 4.79 Å². The maximum absolute atomic E-state index is 11.9. The van der Waals surface area contributed by atoms with Crippen LogP contribution in [0.15, 0.2) is 11.5 Å². The molecule has 0 spiro atoms. The molecule has 0 aromatic carbocycles. The molecule has 0 N–H and O–H groups in total. The van der Waals surface area contributed by atoms with E-state index >= 15 is 0 Å². The maximum Gasteiger partial charge on any atom is 0.263 e. The Morgan fingerprint density at radius 2 is 1.93 bits per heavy atom. The second kappa shape index (κ2) is 3.67. The second-order valence-electron chi connectivity index (χ2n) is 5.12. The highest BCUT2D eigenvalue weighted by Gasteiger charge is 2.37. The fourth-order valence-corrected chi connectivity index (χ4v) is 4.74. The lowest BCUT2D eigenvalue weighted by Crippen LogP contribution is -2.48. The Balaban J connectivity index is 2.35. The number of likely N-dealkylation sites (N-methyl/N-ethyl adjacent to an activating group) is 1. The zero-order valence-electron chi connectivity index (χ0n) is 9.80. The molecule has 0 atom stereocenters. The van der Waals surface area contributed by atoms with Crippen LogP contribution in [0.3, 0.4) is 0 Å². The molecule has 0 amide bonds. The Morgan fingerprint density at radius 3 is 2.67 bits per heavy atom. The standard InChI is InChI=1S/C11H19NO2Si/c1-12-8-15(2,3)14-10-7-5-4-6-9(13)11(10)12/h4-8H2,1-3H3. The molecule has 0 aromatic heterocycles. The number of carbonyl (C=O) groups is 1. The van der Waals surface area contributed by atoms with Gasteiger partial charge in [-0.25, -0.2) is 0 Å². The first kappa shape index (κ1) is 10.7. The molecule has 0 aromatic rings. The van der Waals surface area contributed by atoms with Crippen LogP contribution in [0.4, 0.5) is 0 Å². The molecule has 0 unspecified atom stereocenters. The number of nitrogens with zero attached hydrogens (tertiary/aromatic N) is 1. The van der Waals surface area contributed by atoms with Crippen molar-refractivity contribution in [2.75, 3.05) is 13.2 Å². The summed E-state index contributed by atoms with van der Waals surface area (Å²) in [4.78, 5) is 14.0. The van der Waals surface area contributed by atoms with Gasteiger partial charge in [0.15, 0.2) is 5.78 Å². The Labute approximate surface area is 92.2 Å². The summed E-state index contributed by atoms with van der Waals surface area (Å²) in [6.07, 6.45) is 4.65. The topological polar surface area (TPSA) is 29.5 Å². The smallest absolute Gasteiger partial charge is 0.263 e. The van der Waals surface area contributed by atoms with E-state index in [0.717, 1.165) is 36.9 Å². The van der Waals surface area contributed by atoms with E-state index < -0.39 is 8.32 Å². The predicted molar refractivity (Wildman–Crippen MR) is 61.7 cm³/mol. The van der Waals surface area contributed by atoms with Gasteiger partial charge in [-0.15, -0.1) is 0 Å². The molecule has 84 valence electrons. The van der Waals surface area contributed by atoms with E-state index in [0.29, 0.717) is 6.42 Å². The zero-order chi connectivity index (χ0) is 11.1. The molecular formula is C11H19NO2Si. The van der Waals surface area contributed by atoms with Crippen molar-refractivity contribution in [2.45, 2.75) is 38.8 Å². The van der Waals surface area contributed by atoms with Crippen molar-refractivity contribution in [1.82, 2.24) is 4.90 Å². The first-order chi connectivity index (χ1) is 6.99. The van der Waals surface area contributed by atoms with Crippen LogP contribution in [0.25, 0.3) is 0 Å². The van der Waals surface area contributed by atoms with Gasteiger partial charge in [0, 0.05) is 26.1 Å². The highest BCUT2D eigenvalue weighted by molar-refractivity contribution is 6.71. The van der Waals surface area contributed by atoms with Gasteiger partial charge in [-0.2, -0.15) is 0 Å². The molecule has 3 nitrogen and oxygen atoms in total. The molecule has 0 saturated heterocycles. The van der Waals surface area contributed by atoms with Gasteiger partial charge in [0.2, 0.25) is 0 Å². The van der Waals surface area contributed by atoms with Gasteiger partial charge in [-0.1, -0.05) is 0 Å². The fourth-order valence-electron chi connectivity index (χ4n) is 2.50. The van der Waals surface area contributed by atoms with Crippen molar-refractivity contribution >= 4 is 14.1 Å². The molecule has 1 aliphatic heterocycles. The molecule has 2 rings (SSSR count). The molecule has 0 bridgehead atoms. The van der Waals surface area contributed by atoms with E-state index in [9.17, 15) is 4.79 Å². The molecule has 1 heterocycles. The lowest BCUT2D eigenvalue weighted by molar-refractivity contribution is -0.117. The van der Waals surface area contributed by atoms with Crippen molar-refractivity contribution in [2.24, 2.45) is 0 Å². The molecule has 1 aliphatic carbocycles. The van der Waals surface area contributed by atoms with E-state index in [1.807, 2.05) is 7.05 Å². The van der Waals surface area contributed by atoms with Gasteiger partial charge in [-0.05, 0) is 25.9 Å². The van der Waals surface area contributed by atoms with E-state index in [1.54, 1.807) is 0 Å². The zero-order valence-corrected chi connectivity index (χ0v) is 10.8. The van der Waals surface area contributed by atoms with Crippen molar-refractivity contribution in [3.05, 3.63) is 11.5 Å². The van der Waals surface area contributed by atoms with Crippen molar-refractivity contribution in [3.63, 3.8) is 0 Å². The van der Waals surface area contributed by atoms with Crippen molar-refractivity contribution < 1.29 is 9.22 Å². The van der Waals surface area contributed by atoms with Crippen molar-refractivity contribution in [3.8, 4) is 0 Å². The molecule has 2 aliphatic rings. The Bertz CT molecular complexity index is 323. The van der Waals surface area contributed by atoms with Gasteiger partial charge in [0.05, 0.1) is 0 Å². The minimum Gasteiger partial charge on any atom is -0.544 e. The number of allylic oxidation sites excluding steroid dienone is 2. The van der Waals surface area contributed by atoms with Gasteiger partial charge < -0.3 is 9.33 Å². The highest BCUT2D eigenvalue weighted by Crippen LogP contribution is 2.31. The summed E-state index contributed by atoms with van der Waals surface area (Å²) in [5.74, 6) is 1.25. The van der Waals surface area contributed by atoms with Crippen LogP contribution in [-0.4, -0.2) is 32.2 Å². The van der Waals surface area contributed by atoms with Crippen LogP contribution >= 0.6 is 0 Å². The number of hydrogen-bond donors (Lipinski definition) is 0. The lowest BCUT2D eigenvalue weighted by Gasteiger charge is -2.38. The van der Waals surface area contributed by atoms with E-state index in [4.69, 9.17) is 4.43 Å². The Hall–Kier alpha value is -0.773. The first-order valence-corrected chi connectivity index (χ1v) is 8.78. The number of Topliss-reactive ketones (excluding diaryl/α,β-unsaturated/α-hetero) is 1. The quantitative estimate of drug-likeness (QED) is 0.591. The van der Waals surface area contributed by atoms with E-state index in [1.165, 1.54) is 0 Å². The van der Waals surface area contributed by atoms with Crippen molar-refractivity contribution in [1.29, 1.82) is 0 Å². The van der Waals surface area contributed by atoms with Crippen LogP contribution < -0.4 is 0 Å². The predicted octanol–water partition coefficient (Wildman–Crippen LogP) is 2.05. The van der Waals surface area contributed by atoms with Crippen LogP contribution in [0.5, 0.6) is 0 Å². The molecule has 4 heteroatoms. The fraction of sp³-hybridized carbons (Fsp3) is 0.727. The van der Waals surface area contributed by atoms with Gasteiger partial charge in [0.25, 0.3) is 8.32 Å². The minimum atomic E-state index is -1.60. The highest BCUT2D eigenvalue weighted by atomic mass is 28.4. The SMILES string of the molecule is CN1C[Si](C)(C)OC2=C1C(=O)CCCC2. The average Bonchev–Trinajstić information content (AvgIpc) is 2.25. The third kappa shape index (κ3) is 2.09. The summed E-state index contributed by atoms with van der Waals surface area (Å²) < 4.78 is 6.05. The summed E-state index contributed by atoms with van der Waals surface area (Å²) in [6, 6.07) is 0. The number of ketones is 1. The van der Waals surface area contributed by atoms with E-state index in [2.05, 4.69) is 18.0 Å². The summed E-state index contributed by atoms with van der Waals surface area (Å²) in [5.41, 5.74) is 0.860. The molecule has 0 fully saturated rings. The largest absolute Gasteiger partial charge is 0.544 e. The van der Waals surface area contributed by atoms with Crippen LogP contribution in [0.1, 0.15) is 25.7 Å². The summed E-state index contributed by atoms with van der Waals surface area (Å²) in [7, 11) is 0.426. The second-order valence-corrected chi connectivity index (χ2v) is 9.16. The third-order valence-electron chi connectivity index (χ3n) is 2.99. The number of hydrogen-bond acceptors (Lipinski definition) is 3. The van der Waals surface area contributed by atoms with Gasteiger partial charge in [0.1, 0.15) is 11.5 Å². The molecule has 15 heavy (non-hydrogen) atoms. The molecular weight excluding hydrogens is 206 g/mol. The lowest BCUT2D eigenvalue weighted by atomic mass is 10.2. The molecule has 0 radical (unpaired) electrons. The maximum atomic E-state index is 11.9. The van der Waals surface area contributed by atoms with Crippen LogP contribution in [-0.2, 0) is 9.22 Å². The van der Waals surface area contributed by atoms with Crippen LogP contribution in [0, 0.1) is 0 Å². The number of rotatable bonds is 0. The minimum absolute atomic E-state index is 0.273. The normalized spacial score (nSPS) is 25.8. The summed E-state index contributed by atoms with van der Waals surface area (Å²) in [6.45, 7) is 4.42. The Morgan fingerprint density at radius 1 is 1.27 bits per heavy atom. The Kier molecular flexibility index (Phi) is 2.62. The van der Waals surface area contributed by atoms with Crippen LogP contribution in [0.2, 0.25) is 13.1 Å². The van der Waals surface area contributed by atoms with Gasteiger partial charge >= 0.3 is 0 Å². The average molecular weight is 225 g/mol. The van der Waals surface area contributed by atoms with E-state index in [-0.39, 0.29) is 5.78 Å². The number of carbonyl (C=O) groups excluding carboxylic acids is 1. The first-order valence-electron chi connectivity index (χ1n) is 5.66. The summed E-state index contributed by atoms with van der Waals surface area (Å²) >= 11 is 0. The monoisotopic (exact) mass is 225 g/mol.